The smallest absolute Gasteiger partial charge is 0.256 e. The average molecular weight is 590 g/mol. The first-order valence-electron chi connectivity index (χ1n) is 12.4. The number of allylic oxidation sites excluding steroid dienone is 1. The highest BCUT2D eigenvalue weighted by atomic mass is 16.3. The number of rotatable bonds is 10. The summed E-state index contributed by atoms with van der Waals surface area (Å²) in [5, 5.41) is 55.8. The number of nitrogens with zero attached hydrogens (tertiary/aromatic N) is 11. The lowest BCUT2D eigenvalue weighted by Gasteiger charge is -2.17. The molecular weight excluding hydrogens is 566 g/mol. The van der Waals surface area contributed by atoms with Crippen LogP contribution in [0.2, 0.25) is 0 Å². The van der Waals surface area contributed by atoms with Crippen molar-refractivity contribution >= 4 is 17.7 Å². The zero-order valence-corrected chi connectivity index (χ0v) is 23.3. The third kappa shape index (κ3) is 9.11. The van der Waals surface area contributed by atoms with E-state index in [4.69, 9.17) is 5.53 Å². The highest BCUT2D eigenvalue weighted by molar-refractivity contribution is 6.03. The Bertz CT molecular complexity index is 1820. The van der Waals surface area contributed by atoms with Gasteiger partial charge in [-0.05, 0) is 107 Å². The van der Waals surface area contributed by atoms with Crippen LogP contribution in [0.4, 0.5) is 0 Å². The quantitative estimate of drug-likeness (QED) is 0.0926. The first-order valence-corrected chi connectivity index (χ1v) is 12.4. The van der Waals surface area contributed by atoms with Crippen molar-refractivity contribution < 1.29 is 15.0 Å². The fourth-order valence-electron chi connectivity index (χ4n) is 3.63. The Morgan fingerprint density at radius 2 is 1.77 bits per heavy atom. The van der Waals surface area contributed by atoms with Crippen molar-refractivity contribution in [3.63, 3.8) is 0 Å². The molecule has 44 heavy (non-hydrogen) atoms. The molecule has 0 unspecified atom stereocenters. The van der Waals surface area contributed by atoms with E-state index in [-0.39, 0.29) is 29.0 Å². The highest BCUT2D eigenvalue weighted by Crippen LogP contribution is 2.44. The number of amides is 1. The molecule has 0 atom stereocenters. The van der Waals surface area contributed by atoms with Gasteiger partial charge in [0.25, 0.3) is 5.91 Å². The van der Waals surface area contributed by atoms with E-state index in [2.05, 4.69) is 92.7 Å². The maximum Gasteiger partial charge on any atom is 0.256 e. The lowest BCUT2D eigenvalue weighted by Crippen LogP contribution is -2.24. The van der Waals surface area contributed by atoms with Gasteiger partial charge in [-0.3, -0.25) is 9.78 Å². The Balaban J connectivity index is 1.93. The zero-order valence-electron chi connectivity index (χ0n) is 23.3. The fraction of sp³-hybridized carbons (Fsp3) is 0.107. The lowest BCUT2D eigenvalue weighted by atomic mass is 9.90. The number of aryl methyl sites for hydroxylation is 1. The van der Waals surface area contributed by atoms with Crippen LogP contribution in [0.1, 0.15) is 39.5 Å². The second kappa shape index (κ2) is 16.5. The SMILES string of the molecule is C=C(C)c1ccc(C)cc1-c1c(O)cc(C#CC#C/C=N/N=N/N=N/N=N/N=N/N=N)c(C(=O)NCc2cccnc2)c1O. The number of nitrogens with one attached hydrogen (secondary N) is 2. The number of phenolic OH excluding ortho intramolecular Hbond substituents is 2. The van der Waals surface area contributed by atoms with Gasteiger partial charge in [0.1, 0.15) is 17.7 Å². The van der Waals surface area contributed by atoms with Crippen LogP contribution in [0.25, 0.3) is 16.7 Å². The molecule has 1 amide bonds. The van der Waals surface area contributed by atoms with Gasteiger partial charge in [-0.2, -0.15) is 5.53 Å². The Morgan fingerprint density at radius 1 is 1.05 bits per heavy atom. The topological polar surface area (TPSA) is 230 Å². The van der Waals surface area contributed by atoms with E-state index < -0.39 is 11.7 Å². The molecule has 0 aliphatic heterocycles. The van der Waals surface area contributed by atoms with Gasteiger partial charge in [-0.15, -0.1) is 5.10 Å². The molecule has 4 N–H and O–H groups in total. The van der Waals surface area contributed by atoms with Crippen LogP contribution in [0.15, 0.2) is 107 Å². The summed E-state index contributed by atoms with van der Waals surface area (Å²) in [7, 11) is 0. The van der Waals surface area contributed by atoms with E-state index in [0.29, 0.717) is 16.7 Å². The van der Waals surface area contributed by atoms with Crippen molar-refractivity contribution in [3.8, 4) is 46.3 Å². The standard InChI is InChI=1S/C28H23N13O3/c1-18(2)22-11-10-19(3)14-23(22)26-24(42)15-21(25(27(26)43)28(44)31-17-20-8-7-12-30-16-20)9-5-4-6-13-32-34-36-38-40-41-39-37-35-33-29/h7-8,10-16,29,42-43H,1,17H2,2-3H3,(H,31,44)/b32-13+,33-29?,36-34+,37-35+,40-38+,41-39+. The van der Waals surface area contributed by atoms with E-state index in [1.165, 1.54) is 6.07 Å². The summed E-state index contributed by atoms with van der Waals surface area (Å²) in [6.45, 7) is 7.81. The molecule has 16 heteroatoms. The summed E-state index contributed by atoms with van der Waals surface area (Å²) < 4.78 is 0. The summed E-state index contributed by atoms with van der Waals surface area (Å²) in [5.74, 6) is 8.86. The highest BCUT2D eigenvalue weighted by Gasteiger charge is 2.25. The molecule has 0 aliphatic rings. The van der Waals surface area contributed by atoms with Crippen LogP contribution in [0.5, 0.6) is 11.5 Å². The van der Waals surface area contributed by atoms with Crippen molar-refractivity contribution in [2.45, 2.75) is 20.4 Å². The van der Waals surface area contributed by atoms with E-state index in [1.807, 2.05) is 19.1 Å². The summed E-state index contributed by atoms with van der Waals surface area (Å²) in [6, 6.07) is 10.3. The van der Waals surface area contributed by atoms with Crippen LogP contribution < -0.4 is 5.32 Å². The van der Waals surface area contributed by atoms with E-state index in [1.54, 1.807) is 37.5 Å². The molecule has 0 fully saturated rings. The molecule has 0 aliphatic carbocycles. The Labute approximate surface area is 250 Å². The average Bonchev–Trinajstić information content (AvgIpc) is 3.00. The molecule has 3 rings (SSSR count). The molecule has 1 aromatic heterocycles. The number of aromatic nitrogens is 1. The normalized spacial score (nSPS) is 11.1. The van der Waals surface area contributed by atoms with E-state index in [9.17, 15) is 15.0 Å². The van der Waals surface area contributed by atoms with Gasteiger partial charge in [0.05, 0.1) is 11.1 Å². The minimum absolute atomic E-state index is 0.0356. The number of carbonyl (C=O) groups excluding carboxylic acids is 1. The molecule has 0 spiro atoms. The zero-order chi connectivity index (χ0) is 31.7. The van der Waals surface area contributed by atoms with Gasteiger partial charge in [-0.1, -0.05) is 47.9 Å². The minimum atomic E-state index is -0.625. The Hall–Kier alpha value is -6.81. The Morgan fingerprint density at radius 3 is 2.45 bits per heavy atom. The monoisotopic (exact) mass is 589 g/mol. The van der Waals surface area contributed by atoms with E-state index in [0.717, 1.165) is 17.3 Å². The summed E-state index contributed by atoms with van der Waals surface area (Å²) in [6.07, 6.45) is 4.28. The number of hydrogen-bond acceptors (Lipinski definition) is 6. The second-order valence-corrected chi connectivity index (χ2v) is 8.49. The van der Waals surface area contributed by atoms with Crippen molar-refractivity contribution in [3.05, 3.63) is 83.2 Å². The van der Waals surface area contributed by atoms with Crippen molar-refractivity contribution in [2.75, 3.05) is 0 Å². The lowest BCUT2D eigenvalue weighted by molar-refractivity contribution is 0.0948. The fourth-order valence-corrected chi connectivity index (χ4v) is 3.63. The number of carbonyl (C=O) groups is 1. The molecule has 1 heterocycles. The molecular formula is C28H23N13O3. The largest absolute Gasteiger partial charge is 0.507 e. The third-order valence-corrected chi connectivity index (χ3v) is 5.42. The van der Waals surface area contributed by atoms with Crippen LogP contribution in [0, 0.1) is 36.1 Å². The predicted molar refractivity (Wildman–Crippen MR) is 158 cm³/mol. The summed E-state index contributed by atoms with van der Waals surface area (Å²) >= 11 is 0. The van der Waals surface area contributed by atoms with Gasteiger partial charge in [0, 0.05) is 24.5 Å². The van der Waals surface area contributed by atoms with Crippen molar-refractivity contribution in [1.29, 1.82) is 5.53 Å². The minimum Gasteiger partial charge on any atom is -0.507 e. The summed E-state index contributed by atoms with van der Waals surface area (Å²) in [5.41, 5.74) is 9.82. The van der Waals surface area contributed by atoms with Crippen molar-refractivity contribution in [1.82, 2.24) is 10.3 Å². The first kappa shape index (κ1) is 31.7. The second-order valence-electron chi connectivity index (χ2n) is 8.49. The number of benzene rings is 2. The van der Waals surface area contributed by atoms with Crippen LogP contribution >= 0.6 is 0 Å². The van der Waals surface area contributed by atoms with Gasteiger partial charge in [0.2, 0.25) is 0 Å². The third-order valence-electron chi connectivity index (χ3n) is 5.42. The van der Waals surface area contributed by atoms with Crippen LogP contribution in [-0.4, -0.2) is 27.3 Å². The first-order chi connectivity index (χ1) is 21.3. The molecule has 3 aromatic rings. The number of hydrogen-bond donors (Lipinski definition) is 4. The van der Waals surface area contributed by atoms with Gasteiger partial charge in [0.15, 0.2) is 0 Å². The maximum atomic E-state index is 13.4. The van der Waals surface area contributed by atoms with Crippen LogP contribution in [-0.2, 0) is 6.54 Å². The maximum absolute atomic E-state index is 13.4. The van der Waals surface area contributed by atoms with Gasteiger partial charge in [-0.25, -0.2) is 0 Å². The molecule has 0 saturated heterocycles. The van der Waals surface area contributed by atoms with Gasteiger partial charge < -0.3 is 15.5 Å². The number of phenols is 2. The molecule has 0 radical (unpaired) electrons. The molecule has 16 nitrogen and oxygen atoms in total. The predicted octanol–water partition coefficient (Wildman–Crippen LogP) is 6.27. The van der Waals surface area contributed by atoms with Crippen LogP contribution in [0.3, 0.4) is 0 Å². The van der Waals surface area contributed by atoms with E-state index >= 15 is 0 Å². The molecule has 0 bridgehead atoms. The number of pyridine rings is 1. The number of aromatic hydroxyl groups is 2. The van der Waals surface area contributed by atoms with Gasteiger partial charge >= 0.3 is 0 Å². The Kier molecular flexibility index (Phi) is 11.9. The molecule has 2 aromatic carbocycles. The van der Waals surface area contributed by atoms with Crippen molar-refractivity contribution in [2.24, 2.45) is 52.1 Å². The molecule has 0 saturated carbocycles. The molecule has 218 valence electrons. The summed E-state index contributed by atoms with van der Waals surface area (Å²) in [4.78, 5) is 17.4.